The minimum Gasteiger partial charge on any atom is -0.290 e. The van der Waals surface area contributed by atoms with Crippen molar-refractivity contribution in [3.63, 3.8) is 0 Å². The number of aromatic nitrogens is 2. The van der Waals surface area contributed by atoms with E-state index in [0.717, 1.165) is 11.3 Å². The molecule has 6 heteroatoms. The molecule has 1 aromatic carbocycles. The molecule has 2 aromatic rings. The number of nitrogens with zero attached hydrogens (tertiary/aromatic N) is 2. The molecular formula is C12H13ClN4O. The zero-order chi connectivity index (χ0) is 13.1. The minimum atomic E-state index is -0.313. The van der Waals surface area contributed by atoms with Gasteiger partial charge in [-0.3, -0.25) is 14.9 Å². The molecule has 3 N–H and O–H groups in total. The third-order valence-electron chi connectivity index (χ3n) is 2.70. The number of rotatable bonds is 3. The Labute approximate surface area is 110 Å². The van der Waals surface area contributed by atoms with Crippen LogP contribution in [-0.4, -0.2) is 15.7 Å². The fourth-order valence-corrected chi connectivity index (χ4v) is 1.79. The fourth-order valence-electron chi connectivity index (χ4n) is 1.65. The average molecular weight is 265 g/mol. The van der Waals surface area contributed by atoms with Crippen LogP contribution in [0.5, 0.6) is 0 Å². The summed E-state index contributed by atoms with van der Waals surface area (Å²) >= 11 is 5.94. The predicted octanol–water partition coefficient (Wildman–Crippen LogP) is 1.50. The van der Waals surface area contributed by atoms with E-state index in [1.54, 1.807) is 29.1 Å². The molecule has 1 heterocycles. The van der Waals surface area contributed by atoms with Gasteiger partial charge in [0.2, 0.25) is 0 Å². The van der Waals surface area contributed by atoms with Gasteiger partial charge in [0, 0.05) is 5.56 Å². The van der Waals surface area contributed by atoms with Crippen molar-refractivity contribution in [3.05, 3.63) is 52.3 Å². The summed E-state index contributed by atoms with van der Waals surface area (Å²) in [6, 6.07) is 7.20. The van der Waals surface area contributed by atoms with Gasteiger partial charge in [-0.25, -0.2) is 5.84 Å². The molecular weight excluding hydrogens is 252 g/mol. The Morgan fingerprint density at radius 2 is 2.33 bits per heavy atom. The van der Waals surface area contributed by atoms with Gasteiger partial charge in [-0.05, 0) is 24.6 Å². The van der Waals surface area contributed by atoms with Gasteiger partial charge in [-0.1, -0.05) is 23.7 Å². The number of nitrogens with two attached hydrogens (primary N) is 1. The molecule has 0 fully saturated rings. The molecule has 0 atom stereocenters. The lowest BCUT2D eigenvalue weighted by atomic mass is 10.1. The lowest BCUT2D eigenvalue weighted by Crippen LogP contribution is -2.30. The van der Waals surface area contributed by atoms with Crippen LogP contribution in [-0.2, 0) is 6.54 Å². The minimum absolute atomic E-state index is 0.313. The predicted molar refractivity (Wildman–Crippen MR) is 69.2 cm³/mol. The van der Waals surface area contributed by atoms with E-state index in [1.807, 2.05) is 13.0 Å². The summed E-state index contributed by atoms with van der Waals surface area (Å²) < 4.78 is 1.78. The maximum absolute atomic E-state index is 11.4. The summed E-state index contributed by atoms with van der Waals surface area (Å²) in [5.41, 5.74) is 4.48. The van der Waals surface area contributed by atoms with Gasteiger partial charge >= 0.3 is 0 Å². The van der Waals surface area contributed by atoms with E-state index in [9.17, 15) is 4.79 Å². The molecule has 0 saturated carbocycles. The molecule has 0 bridgehead atoms. The third kappa shape index (κ3) is 2.52. The van der Waals surface area contributed by atoms with Crippen LogP contribution in [0.15, 0.2) is 30.5 Å². The highest BCUT2D eigenvalue weighted by molar-refractivity contribution is 6.31. The first-order valence-corrected chi connectivity index (χ1v) is 5.77. The average Bonchev–Trinajstić information content (AvgIpc) is 2.70. The number of nitrogens with one attached hydrogen (secondary N) is 1. The molecule has 0 aliphatic heterocycles. The zero-order valence-corrected chi connectivity index (χ0v) is 10.6. The molecule has 0 radical (unpaired) electrons. The lowest BCUT2D eigenvalue weighted by Gasteiger charge is -2.06. The van der Waals surface area contributed by atoms with E-state index >= 15 is 0 Å². The molecule has 5 nitrogen and oxygen atoms in total. The lowest BCUT2D eigenvalue weighted by molar-refractivity contribution is 0.0953. The van der Waals surface area contributed by atoms with Gasteiger partial charge < -0.3 is 0 Å². The summed E-state index contributed by atoms with van der Waals surface area (Å²) in [6.07, 6.45) is 1.60. The normalized spacial score (nSPS) is 10.4. The molecule has 0 unspecified atom stereocenters. The van der Waals surface area contributed by atoms with Crippen molar-refractivity contribution < 1.29 is 4.79 Å². The van der Waals surface area contributed by atoms with Crippen LogP contribution in [0.2, 0.25) is 5.02 Å². The van der Waals surface area contributed by atoms with Crippen LogP contribution in [0.3, 0.4) is 0 Å². The van der Waals surface area contributed by atoms with E-state index in [4.69, 9.17) is 17.4 Å². The monoisotopic (exact) mass is 264 g/mol. The quantitative estimate of drug-likeness (QED) is 0.501. The van der Waals surface area contributed by atoms with Gasteiger partial charge in [0.15, 0.2) is 0 Å². The number of halogens is 1. The van der Waals surface area contributed by atoms with Crippen LogP contribution in [0.1, 0.15) is 21.6 Å². The van der Waals surface area contributed by atoms with Crippen LogP contribution in [0.4, 0.5) is 0 Å². The van der Waals surface area contributed by atoms with Crippen molar-refractivity contribution in [2.24, 2.45) is 5.84 Å². The van der Waals surface area contributed by atoms with Crippen molar-refractivity contribution in [2.45, 2.75) is 13.5 Å². The second kappa shape index (κ2) is 5.20. The van der Waals surface area contributed by atoms with E-state index in [0.29, 0.717) is 17.1 Å². The molecule has 0 aliphatic rings. The first-order valence-electron chi connectivity index (χ1n) is 5.39. The van der Waals surface area contributed by atoms with E-state index in [1.165, 1.54) is 0 Å². The molecule has 18 heavy (non-hydrogen) atoms. The summed E-state index contributed by atoms with van der Waals surface area (Å²) in [4.78, 5) is 11.4. The van der Waals surface area contributed by atoms with Gasteiger partial charge in [-0.15, -0.1) is 0 Å². The highest BCUT2D eigenvalue weighted by Gasteiger charge is 2.07. The summed E-state index contributed by atoms with van der Waals surface area (Å²) in [7, 11) is 0. The third-order valence-corrected chi connectivity index (χ3v) is 3.07. The van der Waals surface area contributed by atoms with E-state index in [2.05, 4.69) is 10.5 Å². The van der Waals surface area contributed by atoms with E-state index in [-0.39, 0.29) is 5.91 Å². The van der Waals surface area contributed by atoms with Crippen molar-refractivity contribution in [1.82, 2.24) is 15.2 Å². The van der Waals surface area contributed by atoms with Crippen LogP contribution < -0.4 is 11.3 Å². The van der Waals surface area contributed by atoms with Crippen molar-refractivity contribution in [1.29, 1.82) is 0 Å². The standard InChI is InChI=1S/C12H13ClN4O/c1-8-11(13)6-15-17(8)7-9-3-2-4-10(5-9)12(18)16-14/h2-6H,7,14H2,1H3,(H,16,18). The number of carbonyl (C=O) groups excluding carboxylic acids is 1. The second-order valence-corrected chi connectivity index (χ2v) is 4.32. The van der Waals surface area contributed by atoms with Gasteiger partial charge in [0.25, 0.3) is 5.91 Å². The number of hydrazine groups is 1. The molecule has 1 aromatic heterocycles. The van der Waals surface area contributed by atoms with Crippen molar-refractivity contribution >= 4 is 17.5 Å². The number of hydrogen-bond acceptors (Lipinski definition) is 3. The van der Waals surface area contributed by atoms with Crippen LogP contribution in [0.25, 0.3) is 0 Å². The molecule has 94 valence electrons. The fraction of sp³-hybridized carbons (Fsp3) is 0.167. The maximum atomic E-state index is 11.4. The number of nitrogen functional groups attached to an aromatic ring is 1. The summed E-state index contributed by atoms with van der Waals surface area (Å²) in [5, 5.41) is 4.80. The Bertz CT molecular complexity index is 579. The van der Waals surface area contributed by atoms with Gasteiger partial charge in [0.1, 0.15) is 0 Å². The van der Waals surface area contributed by atoms with Gasteiger partial charge in [-0.2, -0.15) is 5.10 Å². The molecule has 0 aliphatic carbocycles. The number of carbonyl (C=O) groups is 1. The van der Waals surface area contributed by atoms with Crippen molar-refractivity contribution in [2.75, 3.05) is 0 Å². The number of hydrogen-bond donors (Lipinski definition) is 2. The Kier molecular flexibility index (Phi) is 3.64. The second-order valence-electron chi connectivity index (χ2n) is 3.91. The Morgan fingerprint density at radius 3 is 2.94 bits per heavy atom. The zero-order valence-electron chi connectivity index (χ0n) is 9.85. The van der Waals surface area contributed by atoms with Crippen LogP contribution >= 0.6 is 11.6 Å². The molecule has 0 saturated heterocycles. The molecule has 1 amide bonds. The summed E-state index contributed by atoms with van der Waals surface area (Å²) in [6.45, 7) is 2.45. The van der Waals surface area contributed by atoms with E-state index < -0.39 is 0 Å². The number of benzene rings is 1. The van der Waals surface area contributed by atoms with Crippen molar-refractivity contribution in [3.8, 4) is 0 Å². The highest BCUT2D eigenvalue weighted by Crippen LogP contribution is 2.15. The maximum Gasteiger partial charge on any atom is 0.265 e. The first kappa shape index (κ1) is 12.6. The highest BCUT2D eigenvalue weighted by atomic mass is 35.5. The van der Waals surface area contributed by atoms with Crippen LogP contribution in [0, 0.1) is 6.92 Å². The Morgan fingerprint density at radius 1 is 1.56 bits per heavy atom. The topological polar surface area (TPSA) is 72.9 Å². The molecule has 0 spiro atoms. The SMILES string of the molecule is Cc1c(Cl)cnn1Cc1cccc(C(=O)NN)c1. The summed E-state index contributed by atoms with van der Waals surface area (Å²) in [5.74, 6) is 4.79. The first-order chi connectivity index (χ1) is 8.61. The largest absolute Gasteiger partial charge is 0.290 e. The van der Waals surface area contributed by atoms with Gasteiger partial charge in [0.05, 0.1) is 23.5 Å². The number of amides is 1. The molecule has 2 rings (SSSR count). The smallest absolute Gasteiger partial charge is 0.265 e. The Hall–Kier alpha value is -1.85. The Balaban J connectivity index is 2.24.